The van der Waals surface area contributed by atoms with E-state index in [0.717, 1.165) is 11.1 Å². The molecule has 0 radical (unpaired) electrons. The minimum Gasteiger partial charge on any atom is -0.451 e. The molecule has 2 fully saturated rings. The minimum atomic E-state index is -3.65. The van der Waals surface area contributed by atoms with Crippen LogP contribution in [0, 0.1) is 5.92 Å². The molecule has 1 N–H and O–H groups in total. The molecule has 8 nitrogen and oxygen atoms in total. The number of hydrogen-bond donors (Lipinski definition) is 1. The Balaban J connectivity index is 1.19. The molecule has 0 bridgehead atoms. The van der Waals surface area contributed by atoms with Crippen molar-refractivity contribution in [3.63, 3.8) is 0 Å². The second-order valence-corrected chi connectivity index (χ2v) is 10.8. The Morgan fingerprint density at radius 1 is 1.00 bits per heavy atom. The van der Waals surface area contributed by atoms with Gasteiger partial charge in [0.05, 0.1) is 24.2 Å². The summed E-state index contributed by atoms with van der Waals surface area (Å²) in [7, 11) is -3.65. The van der Waals surface area contributed by atoms with Crippen molar-refractivity contribution >= 4 is 15.9 Å². The third-order valence-corrected chi connectivity index (χ3v) is 8.42. The molecule has 1 unspecified atom stereocenters. The monoisotopic (exact) mass is 495 g/mol. The quantitative estimate of drug-likeness (QED) is 0.559. The number of hydrogen-bond acceptors (Lipinski definition) is 6. The fraction of sp³-hybridized carbons (Fsp3) is 0.385. The molecule has 0 spiro atoms. The predicted molar refractivity (Wildman–Crippen MR) is 130 cm³/mol. The molecule has 1 atom stereocenters. The smallest absolute Gasteiger partial charge is 0.240 e. The first-order valence-corrected chi connectivity index (χ1v) is 13.4. The summed E-state index contributed by atoms with van der Waals surface area (Å²) in [6.45, 7) is 1.62. The summed E-state index contributed by atoms with van der Waals surface area (Å²) in [6, 6.07) is 16.3. The van der Waals surface area contributed by atoms with Crippen LogP contribution in [0.5, 0.6) is 0 Å². The Morgan fingerprint density at radius 2 is 1.74 bits per heavy atom. The lowest BCUT2D eigenvalue weighted by Gasteiger charge is -2.39. The van der Waals surface area contributed by atoms with Crippen molar-refractivity contribution in [3.8, 4) is 11.3 Å². The first-order valence-electron chi connectivity index (χ1n) is 12.0. The number of morpholine rings is 1. The molecule has 1 amide bonds. The van der Waals surface area contributed by atoms with Crippen LogP contribution in [0.15, 0.2) is 76.6 Å². The highest BCUT2D eigenvalue weighted by Gasteiger charge is 2.35. The van der Waals surface area contributed by atoms with Crippen LogP contribution in [-0.2, 0) is 19.6 Å². The number of sulfonamides is 1. The van der Waals surface area contributed by atoms with E-state index in [4.69, 9.17) is 9.15 Å². The van der Waals surface area contributed by atoms with E-state index in [1.54, 1.807) is 24.3 Å². The molecule has 1 aliphatic carbocycles. The van der Waals surface area contributed by atoms with Gasteiger partial charge in [-0.1, -0.05) is 42.5 Å². The molecular formula is C26H29N3O5S. The lowest BCUT2D eigenvalue weighted by molar-refractivity contribution is -0.145. The van der Waals surface area contributed by atoms with Crippen molar-refractivity contribution in [3.05, 3.63) is 72.8 Å². The van der Waals surface area contributed by atoms with Gasteiger partial charge in [-0.3, -0.25) is 4.79 Å². The Morgan fingerprint density at radius 3 is 2.43 bits per heavy atom. The van der Waals surface area contributed by atoms with Crippen molar-refractivity contribution in [1.82, 2.24) is 14.6 Å². The number of nitrogens with zero attached hydrogens (tertiary/aromatic N) is 2. The van der Waals surface area contributed by atoms with Gasteiger partial charge < -0.3 is 14.1 Å². The number of benzene rings is 2. The number of carbonyl (C=O) groups is 1. The topological polar surface area (TPSA) is 102 Å². The van der Waals surface area contributed by atoms with Crippen LogP contribution in [0.3, 0.4) is 0 Å². The van der Waals surface area contributed by atoms with Gasteiger partial charge in [0.15, 0.2) is 6.39 Å². The summed E-state index contributed by atoms with van der Waals surface area (Å²) in [5.41, 5.74) is 2.52. The van der Waals surface area contributed by atoms with Gasteiger partial charge in [-0.15, -0.1) is 0 Å². The molecule has 2 heterocycles. The highest BCUT2D eigenvalue weighted by atomic mass is 32.2. The summed E-state index contributed by atoms with van der Waals surface area (Å²) < 4.78 is 39.3. The Labute approximate surface area is 205 Å². The Hall–Kier alpha value is -3.01. The van der Waals surface area contributed by atoms with Gasteiger partial charge in [0.1, 0.15) is 12.0 Å². The molecule has 184 valence electrons. The predicted octanol–water partition coefficient (Wildman–Crippen LogP) is 3.78. The summed E-state index contributed by atoms with van der Waals surface area (Å²) in [5, 5.41) is 0. The fourth-order valence-corrected chi connectivity index (χ4v) is 6.26. The molecular weight excluding hydrogens is 466 g/mol. The highest BCUT2D eigenvalue weighted by molar-refractivity contribution is 7.89. The Kier molecular flexibility index (Phi) is 6.99. The number of rotatable bonds is 6. The zero-order chi connectivity index (χ0) is 24.3. The second-order valence-electron chi connectivity index (χ2n) is 9.10. The van der Waals surface area contributed by atoms with Gasteiger partial charge in [-0.05, 0) is 43.4 Å². The lowest BCUT2D eigenvalue weighted by Crippen LogP contribution is -2.47. The van der Waals surface area contributed by atoms with E-state index in [-0.39, 0.29) is 28.8 Å². The van der Waals surface area contributed by atoms with Crippen LogP contribution in [0.4, 0.5) is 0 Å². The zero-order valence-electron chi connectivity index (χ0n) is 19.4. The maximum Gasteiger partial charge on any atom is 0.240 e. The number of amides is 1. The lowest BCUT2D eigenvalue weighted by atomic mass is 9.85. The van der Waals surface area contributed by atoms with E-state index in [0.29, 0.717) is 51.1 Å². The van der Waals surface area contributed by atoms with Gasteiger partial charge in [-0.25, -0.2) is 18.1 Å². The van der Waals surface area contributed by atoms with Gasteiger partial charge in [0.2, 0.25) is 15.9 Å². The van der Waals surface area contributed by atoms with Crippen LogP contribution < -0.4 is 4.72 Å². The third kappa shape index (κ3) is 5.32. The average molecular weight is 496 g/mol. The van der Waals surface area contributed by atoms with E-state index in [1.165, 1.54) is 12.7 Å². The van der Waals surface area contributed by atoms with E-state index >= 15 is 0 Å². The molecule has 1 aromatic heterocycles. The molecule has 1 aliphatic heterocycles. The number of carbonyl (C=O) groups excluding carboxylic acids is 1. The molecule has 1 saturated carbocycles. The number of oxazole rings is 1. The van der Waals surface area contributed by atoms with Gasteiger partial charge in [0, 0.05) is 24.1 Å². The van der Waals surface area contributed by atoms with Crippen LogP contribution >= 0.6 is 0 Å². The van der Waals surface area contributed by atoms with Gasteiger partial charge in [-0.2, -0.15) is 0 Å². The molecule has 35 heavy (non-hydrogen) atoms. The molecule has 2 aliphatic rings. The van der Waals surface area contributed by atoms with E-state index < -0.39 is 10.0 Å². The minimum absolute atomic E-state index is 0.0751. The fourth-order valence-electron chi connectivity index (χ4n) is 4.96. The van der Waals surface area contributed by atoms with Crippen LogP contribution in [0.25, 0.3) is 11.3 Å². The normalized spacial score (nSPS) is 23.2. The number of aromatic nitrogens is 1. The van der Waals surface area contributed by atoms with Crippen molar-refractivity contribution in [2.45, 2.75) is 42.7 Å². The van der Waals surface area contributed by atoms with Crippen molar-refractivity contribution in [1.29, 1.82) is 0 Å². The first-order chi connectivity index (χ1) is 17.0. The van der Waals surface area contributed by atoms with Crippen molar-refractivity contribution < 1.29 is 22.4 Å². The molecule has 1 saturated heterocycles. The summed E-state index contributed by atoms with van der Waals surface area (Å²) >= 11 is 0. The van der Waals surface area contributed by atoms with Crippen molar-refractivity contribution in [2.24, 2.45) is 5.92 Å². The maximum atomic E-state index is 13.4. The molecule has 2 aromatic carbocycles. The van der Waals surface area contributed by atoms with Crippen LogP contribution in [0.1, 0.15) is 37.3 Å². The zero-order valence-corrected chi connectivity index (χ0v) is 20.2. The van der Waals surface area contributed by atoms with Crippen LogP contribution in [-0.4, -0.2) is 50.0 Å². The van der Waals surface area contributed by atoms with E-state index in [9.17, 15) is 13.2 Å². The number of ether oxygens (including phenoxy) is 1. The SMILES string of the molecule is O=C(C1CCC(NS(=O)(=O)c2ccc(-c3cocn3)cc2)CC1)N1CCOCC1c1ccccc1. The number of nitrogens with one attached hydrogen (secondary N) is 1. The molecule has 9 heteroatoms. The summed E-state index contributed by atoms with van der Waals surface area (Å²) in [5.74, 6) is 0.0497. The molecule has 5 rings (SSSR count). The average Bonchev–Trinajstić information content (AvgIpc) is 3.44. The molecule has 3 aromatic rings. The summed E-state index contributed by atoms with van der Waals surface area (Å²) in [6.07, 6.45) is 5.44. The summed E-state index contributed by atoms with van der Waals surface area (Å²) in [4.78, 5) is 19.6. The first kappa shape index (κ1) is 23.7. The Bertz CT molecular complexity index is 1220. The standard InChI is InChI=1S/C26H29N3O5S/c30-26(29-14-15-33-17-25(29)20-4-2-1-3-5-20)21-6-10-22(11-7-21)28-35(31,32)23-12-8-19(9-13-23)24-16-34-18-27-24/h1-5,8-9,12-13,16,18,21-22,25,28H,6-7,10-11,14-15,17H2. The second kappa shape index (κ2) is 10.3. The van der Waals surface area contributed by atoms with Crippen molar-refractivity contribution in [2.75, 3.05) is 19.8 Å². The third-order valence-electron chi connectivity index (χ3n) is 6.89. The van der Waals surface area contributed by atoms with Gasteiger partial charge in [0.25, 0.3) is 0 Å². The highest BCUT2D eigenvalue weighted by Crippen LogP contribution is 2.32. The van der Waals surface area contributed by atoms with E-state index in [1.807, 2.05) is 35.2 Å². The largest absolute Gasteiger partial charge is 0.451 e. The van der Waals surface area contributed by atoms with Crippen LogP contribution in [0.2, 0.25) is 0 Å². The van der Waals surface area contributed by atoms with Gasteiger partial charge >= 0.3 is 0 Å². The van der Waals surface area contributed by atoms with E-state index in [2.05, 4.69) is 9.71 Å². The maximum absolute atomic E-state index is 13.4.